The molecule has 0 atom stereocenters. The number of nitrogen functional groups attached to an aromatic ring is 1. The van der Waals surface area contributed by atoms with E-state index in [9.17, 15) is 9.18 Å². The van der Waals surface area contributed by atoms with E-state index >= 15 is 0 Å². The largest absolute Gasteiger partial charge is 0.368 e. The van der Waals surface area contributed by atoms with Crippen LogP contribution in [0.1, 0.15) is 17.3 Å². The molecule has 0 saturated heterocycles. The van der Waals surface area contributed by atoms with E-state index in [0.29, 0.717) is 34.4 Å². The number of rotatable bonds is 4. The second-order valence-electron chi connectivity index (χ2n) is 5.43. The summed E-state index contributed by atoms with van der Waals surface area (Å²) in [6, 6.07) is 11.9. The first-order valence-electron chi connectivity index (χ1n) is 7.85. The van der Waals surface area contributed by atoms with Crippen LogP contribution in [0.3, 0.4) is 0 Å². The van der Waals surface area contributed by atoms with Gasteiger partial charge in [-0.25, -0.2) is 14.4 Å². The molecular weight excluding hydrogens is 319 g/mol. The summed E-state index contributed by atoms with van der Waals surface area (Å²) in [4.78, 5) is 20.0. The quantitative estimate of drug-likeness (QED) is 0.766. The number of benzene rings is 2. The lowest BCUT2D eigenvalue weighted by molar-refractivity contribution is 0.0956. The molecule has 1 heterocycles. The van der Waals surface area contributed by atoms with Crippen molar-refractivity contribution in [2.24, 2.45) is 0 Å². The molecule has 0 unspecified atom stereocenters. The third-order valence-corrected chi connectivity index (χ3v) is 3.77. The topological polar surface area (TPSA) is 80.9 Å². The van der Waals surface area contributed by atoms with Gasteiger partial charge in [-0.2, -0.15) is 0 Å². The number of hydrogen-bond donors (Lipinski definition) is 2. The Morgan fingerprint density at radius 1 is 1.08 bits per heavy atom. The lowest BCUT2D eigenvalue weighted by Crippen LogP contribution is -2.23. The van der Waals surface area contributed by atoms with Gasteiger partial charge in [0.05, 0.1) is 0 Å². The van der Waals surface area contributed by atoms with Crippen molar-refractivity contribution in [1.29, 1.82) is 0 Å². The molecule has 2 aromatic carbocycles. The van der Waals surface area contributed by atoms with Gasteiger partial charge in [0.1, 0.15) is 5.82 Å². The van der Waals surface area contributed by atoms with Crippen LogP contribution in [0.2, 0.25) is 0 Å². The van der Waals surface area contributed by atoms with Crippen LogP contribution in [0, 0.1) is 5.82 Å². The van der Waals surface area contributed by atoms with Crippen LogP contribution >= 0.6 is 0 Å². The average molecular weight is 336 g/mol. The minimum atomic E-state index is -0.420. The minimum absolute atomic E-state index is 0.136. The molecule has 0 fully saturated rings. The Kier molecular flexibility index (Phi) is 4.70. The number of hydrogen-bond acceptors (Lipinski definition) is 4. The van der Waals surface area contributed by atoms with Crippen molar-refractivity contribution in [2.75, 3.05) is 12.3 Å². The molecule has 6 heteroatoms. The summed E-state index contributed by atoms with van der Waals surface area (Å²) in [6.45, 7) is 2.38. The molecule has 1 amide bonds. The Balaban J connectivity index is 2.02. The molecule has 0 aliphatic rings. The smallest absolute Gasteiger partial charge is 0.251 e. The highest BCUT2D eigenvalue weighted by molar-refractivity contribution is 6.00. The third-order valence-electron chi connectivity index (χ3n) is 3.77. The minimum Gasteiger partial charge on any atom is -0.368 e. The first kappa shape index (κ1) is 16.6. The molecule has 3 rings (SSSR count). The van der Waals surface area contributed by atoms with Crippen LogP contribution in [0.4, 0.5) is 10.3 Å². The molecule has 25 heavy (non-hydrogen) atoms. The number of carbonyl (C=O) groups is 1. The van der Waals surface area contributed by atoms with Crippen molar-refractivity contribution in [3.8, 4) is 22.3 Å². The molecule has 0 aliphatic heterocycles. The molecule has 3 aromatic rings. The second kappa shape index (κ2) is 7.09. The Morgan fingerprint density at radius 2 is 1.80 bits per heavy atom. The summed E-state index contributed by atoms with van der Waals surface area (Å²) in [5, 5.41) is 2.77. The number of amides is 1. The molecule has 0 bridgehead atoms. The Bertz CT molecular complexity index is 910. The third kappa shape index (κ3) is 3.47. The van der Waals surface area contributed by atoms with E-state index in [4.69, 9.17) is 5.73 Å². The van der Waals surface area contributed by atoms with Gasteiger partial charge in [-0.1, -0.05) is 30.3 Å². The van der Waals surface area contributed by atoms with E-state index in [1.807, 2.05) is 13.0 Å². The summed E-state index contributed by atoms with van der Waals surface area (Å²) in [5.41, 5.74) is 8.18. The standard InChI is InChI=1S/C19H17FN4O/c1-2-22-18(25)16-6-4-3-5-14(16)12-7-8-15(17(20)9-12)13-10-23-19(21)24-11-13/h3-11H,2H2,1H3,(H,22,25)(H2,21,23,24). The predicted molar refractivity (Wildman–Crippen MR) is 95.3 cm³/mol. The van der Waals surface area contributed by atoms with Crippen LogP contribution in [-0.2, 0) is 0 Å². The zero-order valence-corrected chi connectivity index (χ0v) is 13.7. The van der Waals surface area contributed by atoms with Gasteiger partial charge < -0.3 is 11.1 Å². The van der Waals surface area contributed by atoms with Crippen molar-refractivity contribution in [2.45, 2.75) is 6.92 Å². The first-order chi connectivity index (χ1) is 12.1. The average Bonchev–Trinajstić information content (AvgIpc) is 2.63. The van der Waals surface area contributed by atoms with Crippen molar-refractivity contribution in [3.63, 3.8) is 0 Å². The van der Waals surface area contributed by atoms with Crippen LogP contribution in [0.25, 0.3) is 22.3 Å². The number of nitrogens with two attached hydrogens (primary N) is 1. The Morgan fingerprint density at radius 3 is 2.48 bits per heavy atom. The number of anilines is 1. The van der Waals surface area contributed by atoms with Crippen LogP contribution < -0.4 is 11.1 Å². The maximum absolute atomic E-state index is 14.6. The molecule has 0 aliphatic carbocycles. The Labute approximate surface area is 144 Å². The molecule has 5 nitrogen and oxygen atoms in total. The second-order valence-corrected chi connectivity index (χ2v) is 5.43. The van der Waals surface area contributed by atoms with Gasteiger partial charge in [-0.3, -0.25) is 4.79 Å². The number of halogens is 1. The highest BCUT2D eigenvalue weighted by atomic mass is 19.1. The zero-order chi connectivity index (χ0) is 17.8. The van der Waals surface area contributed by atoms with Gasteiger partial charge in [-0.15, -0.1) is 0 Å². The van der Waals surface area contributed by atoms with Gasteiger partial charge in [0.2, 0.25) is 5.95 Å². The fourth-order valence-electron chi connectivity index (χ4n) is 2.58. The van der Waals surface area contributed by atoms with E-state index in [-0.39, 0.29) is 11.9 Å². The summed E-state index contributed by atoms with van der Waals surface area (Å²) in [7, 11) is 0. The van der Waals surface area contributed by atoms with Gasteiger partial charge >= 0.3 is 0 Å². The predicted octanol–water partition coefficient (Wildman–Crippen LogP) is 3.28. The maximum Gasteiger partial charge on any atom is 0.251 e. The van der Waals surface area contributed by atoms with Crippen LogP contribution in [0.15, 0.2) is 54.9 Å². The van der Waals surface area contributed by atoms with Gasteiger partial charge in [0.25, 0.3) is 5.91 Å². The molecule has 3 N–H and O–H groups in total. The van der Waals surface area contributed by atoms with E-state index in [2.05, 4.69) is 15.3 Å². The fourth-order valence-corrected chi connectivity index (χ4v) is 2.58. The number of carbonyl (C=O) groups excluding carboxylic acids is 1. The highest BCUT2D eigenvalue weighted by Gasteiger charge is 2.14. The lowest BCUT2D eigenvalue weighted by Gasteiger charge is -2.11. The fraction of sp³-hybridized carbons (Fsp3) is 0.105. The van der Waals surface area contributed by atoms with Crippen LogP contribution in [-0.4, -0.2) is 22.4 Å². The zero-order valence-electron chi connectivity index (χ0n) is 13.7. The van der Waals surface area contributed by atoms with Crippen molar-refractivity contribution >= 4 is 11.9 Å². The van der Waals surface area contributed by atoms with Crippen molar-refractivity contribution in [3.05, 3.63) is 66.2 Å². The number of nitrogens with one attached hydrogen (secondary N) is 1. The van der Waals surface area contributed by atoms with Crippen molar-refractivity contribution in [1.82, 2.24) is 15.3 Å². The SMILES string of the molecule is CCNC(=O)c1ccccc1-c1ccc(-c2cnc(N)nc2)c(F)c1. The molecular formula is C19H17FN4O. The molecule has 0 spiro atoms. The summed E-state index contributed by atoms with van der Waals surface area (Å²) in [6.07, 6.45) is 2.95. The van der Waals surface area contributed by atoms with E-state index in [1.165, 1.54) is 18.5 Å². The normalized spacial score (nSPS) is 10.5. The maximum atomic E-state index is 14.6. The highest BCUT2D eigenvalue weighted by Crippen LogP contribution is 2.29. The van der Waals surface area contributed by atoms with E-state index in [1.54, 1.807) is 30.3 Å². The monoisotopic (exact) mass is 336 g/mol. The van der Waals surface area contributed by atoms with Crippen LogP contribution in [0.5, 0.6) is 0 Å². The van der Waals surface area contributed by atoms with Gasteiger partial charge in [-0.05, 0) is 30.2 Å². The van der Waals surface area contributed by atoms with Crippen molar-refractivity contribution < 1.29 is 9.18 Å². The van der Waals surface area contributed by atoms with E-state index in [0.717, 1.165) is 0 Å². The van der Waals surface area contributed by atoms with Gasteiger partial charge in [0, 0.05) is 35.6 Å². The lowest BCUT2D eigenvalue weighted by atomic mass is 9.97. The Hall–Kier alpha value is -3.28. The molecule has 1 aromatic heterocycles. The van der Waals surface area contributed by atoms with E-state index < -0.39 is 5.82 Å². The number of aromatic nitrogens is 2. The summed E-state index contributed by atoms with van der Waals surface area (Å²) in [5.74, 6) is -0.470. The molecule has 0 radical (unpaired) electrons. The molecule has 126 valence electrons. The van der Waals surface area contributed by atoms with Gasteiger partial charge in [0.15, 0.2) is 0 Å². The molecule has 0 saturated carbocycles. The number of nitrogens with zero attached hydrogens (tertiary/aromatic N) is 2. The summed E-state index contributed by atoms with van der Waals surface area (Å²) < 4.78 is 14.6. The first-order valence-corrected chi connectivity index (χ1v) is 7.85. The summed E-state index contributed by atoms with van der Waals surface area (Å²) >= 11 is 0.